The molecule has 0 aromatic heterocycles. The van der Waals surface area contributed by atoms with Crippen LogP contribution in [0.5, 0.6) is 0 Å². The summed E-state index contributed by atoms with van der Waals surface area (Å²) < 4.78 is 36.0. The van der Waals surface area contributed by atoms with Gasteiger partial charge in [0.1, 0.15) is 51.7 Å². The van der Waals surface area contributed by atoms with Gasteiger partial charge >= 0.3 is 41.8 Å². The third-order valence-electron chi connectivity index (χ3n) is 6.55. The lowest BCUT2D eigenvalue weighted by molar-refractivity contribution is -0.171. The molecule has 0 aromatic rings. The third kappa shape index (κ3) is 20.3. The lowest BCUT2D eigenvalue weighted by atomic mass is 9.88. The largest absolute Gasteiger partial charge is 0.465 e. The molecule has 0 radical (unpaired) electrons. The van der Waals surface area contributed by atoms with Gasteiger partial charge in [-0.2, -0.15) is 0 Å². The molecule has 0 saturated carbocycles. The van der Waals surface area contributed by atoms with Crippen molar-refractivity contribution < 1.29 is 66.7 Å². The summed E-state index contributed by atoms with van der Waals surface area (Å²) in [4.78, 5) is 80.0. The molecule has 0 N–H and O–H groups in total. The van der Waals surface area contributed by atoms with Crippen LogP contribution >= 0.6 is 0 Å². The predicted octanol–water partition coefficient (Wildman–Crippen LogP) is 4.03. The van der Waals surface area contributed by atoms with Gasteiger partial charge in [-0.05, 0) is 6.42 Å². The highest BCUT2D eigenvalue weighted by molar-refractivity contribution is 5.71. The number of esters is 7. The maximum absolute atomic E-state index is 11.5. The Kier molecular flexibility index (Phi) is 24.6. The minimum Gasteiger partial charge on any atom is -0.465 e. The van der Waals surface area contributed by atoms with Crippen LogP contribution < -0.4 is 0 Å². The van der Waals surface area contributed by atoms with Crippen molar-refractivity contribution in [3.63, 3.8) is 0 Å². The van der Waals surface area contributed by atoms with Crippen LogP contribution in [0.25, 0.3) is 0 Å². The Balaban J connectivity index is 0. The van der Waals surface area contributed by atoms with E-state index in [-0.39, 0.29) is 109 Å². The van der Waals surface area contributed by atoms with Crippen molar-refractivity contribution in [1.29, 1.82) is 0 Å². The number of hydrogen-bond donors (Lipinski definition) is 0. The van der Waals surface area contributed by atoms with Crippen molar-refractivity contribution in [2.45, 2.75) is 107 Å². The van der Waals surface area contributed by atoms with Gasteiger partial charge in [0.05, 0.1) is 5.41 Å². The van der Waals surface area contributed by atoms with Crippen molar-refractivity contribution in [2.24, 2.45) is 10.8 Å². The van der Waals surface area contributed by atoms with Crippen molar-refractivity contribution in [1.82, 2.24) is 0 Å². The van der Waals surface area contributed by atoms with Crippen LogP contribution in [-0.4, -0.2) is 88.0 Å². The molecule has 0 aromatic carbocycles. The second-order valence-electron chi connectivity index (χ2n) is 10.5. The van der Waals surface area contributed by atoms with Crippen molar-refractivity contribution in [2.75, 3.05) is 46.2 Å². The Hall–Kier alpha value is -3.71. The summed E-state index contributed by atoms with van der Waals surface area (Å²) in [6.45, 7) is 12.9. The molecule has 46 heavy (non-hydrogen) atoms. The third-order valence-corrected chi connectivity index (χ3v) is 6.55. The zero-order valence-electron chi connectivity index (χ0n) is 28.8. The van der Waals surface area contributed by atoms with Crippen molar-refractivity contribution in [3.05, 3.63) is 0 Å². The molecular weight excluding hydrogens is 608 g/mol. The maximum Gasteiger partial charge on any atom is 0.305 e. The molecule has 0 spiro atoms. The first-order valence-electron chi connectivity index (χ1n) is 15.8. The van der Waals surface area contributed by atoms with Crippen LogP contribution in [0.15, 0.2) is 0 Å². The predicted molar refractivity (Wildman–Crippen MR) is 164 cm³/mol. The van der Waals surface area contributed by atoms with Gasteiger partial charge < -0.3 is 33.2 Å². The second-order valence-corrected chi connectivity index (χ2v) is 10.5. The molecule has 0 aliphatic carbocycles. The number of rotatable bonds is 22. The van der Waals surface area contributed by atoms with Gasteiger partial charge in [-0.1, -0.05) is 55.4 Å². The molecule has 0 fully saturated rings. The zero-order valence-corrected chi connectivity index (χ0v) is 28.8. The summed E-state index contributed by atoms with van der Waals surface area (Å²) in [5.74, 6) is -2.86. The van der Waals surface area contributed by atoms with E-state index >= 15 is 0 Å². The molecule has 0 unspecified atom stereocenters. The molecule has 0 aliphatic rings. The lowest BCUT2D eigenvalue weighted by Gasteiger charge is -2.31. The van der Waals surface area contributed by atoms with Gasteiger partial charge in [0.2, 0.25) is 0 Å². The van der Waals surface area contributed by atoms with E-state index in [9.17, 15) is 33.6 Å². The first kappa shape index (κ1) is 44.4. The fourth-order valence-electron chi connectivity index (χ4n) is 3.03. The summed E-state index contributed by atoms with van der Waals surface area (Å²) >= 11 is 0. The van der Waals surface area contributed by atoms with E-state index in [0.29, 0.717) is 6.42 Å². The van der Waals surface area contributed by atoms with Gasteiger partial charge in [-0.25, -0.2) is 0 Å². The zero-order chi connectivity index (χ0) is 35.6. The highest BCUT2D eigenvalue weighted by Gasteiger charge is 2.38. The van der Waals surface area contributed by atoms with Crippen LogP contribution in [0.2, 0.25) is 0 Å². The molecule has 0 saturated heterocycles. The van der Waals surface area contributed by atoms with E-state index in [1.165, 1.54) is 0 Å². The SMILES string of the molecule is CCC(=O)OCC(CC)(COC(=O)CC)COC(=O)CC.CCC(=O)OCC(COC(=O)CC)(COC(=O)CC)COC(=O)CC. The van der Waals surface area contributed by atoms with Crippen LogP contribution in [0, 0.1) is 10.8 Å². The average molecular weight is 663 g/mol. The van der Waals surface area contributed by atoms with E-state index < -0.39 is 34.7 Å². The fraction of sp³-hybridized carbons (Fsp3) is 0.781. The topological polar surface area (TPSA) is 184 Å². The van der Waals surface area contributed by atoms with Crippen LogP contribution in [-0.2, 0) is 66.7 Å². The first-order valence-corrected chi connectivity index (χ1v) is 15.8. The van der Waals surface area contributed by atoms with Crippen LogP contribution in [0.3, 0.4) is 0 Å². The summed E-state index contributed by atoms with van der Waals surface area (Å²) in [6, 6.07) is 0. The molecule has 0 heterocycles. The van der Waals surface area contributed by atoms with E-state index in [0.717, 1.165) is 0 Å². The molecule has 0 bridgehead atoms. The van der Waals surface area contributed by atoms with E-state index in [1.54, 1.807) is 48.5 Å². The highest BCUT2D eigenvalue weighted by Crippen LogP contribution is 2.25. The standard InChI is InChI=1S/C17H28O8.C15H26O6/c1-5-13(18)22-9-17(10-23-14(19)6-2,11-24-15(20)7-3)12-25-16(21)8-4;1-5-12(16)19-9-15(8-4,10-20-13(17)6-2)11-21-14(18)7-3/h5-12H2,1-4H3;5-11H2,1-4H3. The number of carbonyl (C=O) groups excluding carboxylic acids is 7. The Bertz CT molecular complexity index is 823. The summed E-state index contributed by atoms with van der Waals surface area (Å²) in [6.07, 6.45) is 2.00. The molecule has 14 nitrogen and oxygen atoms in total. The van der Waals surface area contributed by atoms with Gasteiger partial charge in [0.15, 0.2) is 0 Å². The second kappa shape index (κ2) is 25.5. The first-order chi connectivity index (χ1) is 21.7. The summed E-state index contributed by atoms with van der Waals surface area (Å²) in [7, 11) is 0. The van der Waals surface area contributed by atoms with Gasteiger partial charge in [0, 0.05) is 44.9 Å². The molecule has 0 aliphatic heterocycles. The number of carbonyl (C=O) groups is 7. The fourth-order valence-corrected chi connectivity index (χ4v) is 3.03. The van der Waals surface area contributed by atoms with Gasteiger partial charge in [0.25, 0.3) is 0 Å². The molecular formula is C32H54O14. The quantitative estimate of drug-likeness (QED) is 0.120. The normalized spacial score (nSPS) is 10.8. The monoisotopic (exact) mass is 662 g/mol. The van der Waals surface area contributed by atoms with Gasteiger partial charge in [-0.3, -0.25) is 33.6 Å². The Labute approximate surface area is 272 Å². The van der Waals surface area contributed by atoms with E-state index in [2.05, 4.69) is 0 Å². The molecule has 14 heteroatoms. The van der Waals surface area contributed by atoms with E-state index in [4.69, 9.17) is 33.2 Å². The molecule has 266 valence electrons. The van der Waals surface area contributed by atoms with Crippen molar-refractivity contribution >= 4 is 41.8 Å². The Morgan fingerprint density at radius 3 is 0.587 bits per heavy atom. The molecule has 0 amide bonds. The minimum absolute atomic E-state index is 0.0597. The van der Waals surface area contributed by atoms with Crippen LogP contribution in [0.4, 0.5) is 0 Å². The summed E-state index contributed by atoms with van der Waals surface area (Å²) in [5, 5.41) is 0. The highest BCUT2D eigenvalue weighted by atomic mass is 16.6. The Morgan fingerprint density at radius 1 is 0.304 bits per heavy atom. The van der Waals surface area contributed by atoms with Gasteiger partial charge in [-0.15, -0.1) is 0 Å². The summed E-state index contributed by atoms with van der Waals surface area (Å²) in [5.41, 5.74) is -1.84. The average Bonchev–Trinajstić information content (AvgIpc) is 3.09. The number of hydrogen-bond acceptors (Lipinski definition) is 14. The van der Waals surface area contributed by atoms with Crippen molar-refractivity contribution in [3.8, 4) is 0 Å². The van der Waals surface area contributed by atoms with Crippen LogP contribution in [0.1, 0.15) is 107 Å². The Morgan fingerprint density at radius 2 is 0.457 bits per heavy atom. The smallest absolute Gasteiger partial charge is 0.305 e. The van der Waals surface area contributed by atoms with E-state index in [1.807, 2.05) is 6.92 Å². The molecule has 0 rings (SSSR count). The molecule has 0 atom stereocenters. The minimum atomic E-state index is -1.15. The maximum atomic E-state index is 11.5. The lowest BCUT2D eigenvalue weighted by Crippen LogP contribution is -2.43. The number of ether oxygens (including phenoxy) is 7.